The number of hydrogen-bond donors (Lipinski definition) is 1. The van der Waals surface area contributed by atoms with Gasteiger partial charge in [-0.25, -0.2) is 14.4 Å². The van der Waals surface area contributed by atoms with E-state index in [1.54, 1.807) is 20.8 Å². The lowest BCUT2D eigenvalue weighted by Crippen LogP contribution is -2.42. The first-order chi connectivity index (χ1) is 20.6. The Morgan fingerprint density at radius 3 is 2.40 bits per heavy atom. The number of nitrogens with zero attached hydrogens (tertiary/aromatic N) is 1. The van der Waals surface area contributed by atoms with Gasteiger partial charge in [0.1, 0.15) is 11.4 Å². The summed E-state index contributed by atoms with van der Waals surface area (Å²) < 4.78 is 16.2. The molecule has 43 heavy (non-hydrogen) atoms. The minimum Gasteiger partial charge on any atom is -0.480 e. The van der Waals surface area contributed by atoms with Crippen LogP contribution in [0.3, 0.4) is 0 Å². The van der Waals surface area contributed by atoms with Gasteiger partial charge in [-0.3, -0.25) is 4.90 Å². The van der Waals surface area contributed by atoms with Crippen LogP contribution in [0.25, 0.3) is 10.4 Å². The zero-order valence-corrected chi connectivity index (χ0v) is 26.6. The lowest BCUT2D eigenvalue weighted by atomic mass is 9.89. The molecule has 8 nitrogen and oxygen atoms in total. The summed E-state index contributed by atoms with van der Waals surface area (Å²) in [7, 11) is 1.31. The Bertz CT molecular complexity index is 1410. The van der Waals surface area contributed by atoms with Gasteiger partial charge in [-0.05, 0) is 69.7 Å². The molecule has 0 unspecified atom stereocenters. The van der Waals surface area contributed by atoms with E-state index in [-0.39, 0.29) is 17.5 Å². The zero-order valence-electron chi connectivity index (χ0n) is 25.7. The molecule has 1 fully saturated rings. The fourth-order valence-corrected chi connectivity index (χ4v) is 6.46. The maximum atomic E-state index is 13.6. The number of urea groups is 1. The number of hydrogen-bond acceptors (Lipinski definition) is 7. The maximum absolute atomic E-state index is 13.6. The number of ether oxygens (including phenoxy) is 3. The summed E-state index contributed by atoms with van der Waals surface area (Å²) in [6, 6.07) is 17.5. The Kier molecular flexibility index (Phi) is 10.9. The average molecular weight is 607 g/mol. The van der Waals surface area contributed by atoms with Crippen molar-refractivity contribution in [3.63, 3.8) is 0 Å². The molecule has 9 heteroatoms. The molecule has 1 aromatic heterocycles. The standard InChI is InChI=1S/C34H42N2O6S/c1-23-29(41-22-28(37)42-34(2,3)4)31(32(38)40-5)43-30(23)26-17-12-18-27(19-26)36(21-25-15-10-7-11-16-25)33(39)35-20-24-13-8-6-9-14-24/h6,8-9,12-14,17-19,25H,7,10-11,15-16,20-22H2,1-5H3,(H,35,39). The van der Waals surface area contributed by atoms with E-state index in [9.17, 15) is 14.4 Å². The second-order valence-corrected chi connectivity index (χ2v) is 12.9. The zero-order chi connectivity index (χ0) is 31.0. The van der Waals surface area contributed by atoms with Crippen molar-refractivity contribution < 1.29 is 28.6 Å². The van der Waals surface area contributed by atoms with E-state index in [1.165, 1.54) is 37.7 Å². The van der Waals surface area contributed by atoms with Crippen LogP contribution in [0, 0.1) is 12.8 Å². The molecule has 1 saturated carbocycles. The third-order valence-electron chi connectivity index (χ3n) is 7.33. The lowest BCUT2D eigenvalue weighted by molar-refractivity contribution is -0.157. The van der Waals surface area contributed by atoms with E-state index in [4.69, 9.17) is 14.2 Å². The van der Waals surface area contributed by atoms with Gasteiger partial charge in [0, 0.05) is 29.2 Å². The van der Waals surface area contributed by atoms with Gasteiger partial charge in [-0.2, -0.15) is 0 Å². The second kappa shape index (κ2) is 14.6. The van der Waals surface area contributed by atoms with Crippen LogP contribution in [0.1, 0.15) is 73.7 Å². The summed E-state index contributed by atoms with van der Waals surface area (Å²) in [6.07, 6.45) is 5.81. The normalized spacial score (nSPS) is 13.7. The maximum Gasteiger partial charge on any atom is 0.351 e. The first-order valence-electron chi connectivity index (χ1n) is 14.8. The smallest absolute Gasteiger partial charge is 0.351 e. The number of methoxy groups -OCH3 is 1. The number of anilines is 1. The molecule has 1 aliphatic carbocycles. The molecule has 1 aliphatic rings. The molecule has 0 spiro atoms. The minimum absolute atomic E-state index is 0.147. The summed E-state index contributed by atoms with van der Waals surface area (Å²) in [5, 5.41) is 3.10. The average Bonchev–Trinajstić information content (AvgIpc) is 3.33. The summed E-state index contributed by atoms with van der Waals surface area (Å²) >= 11 is 1.24. The minimum atomic E-state index is -0.655. The molecule has 1 heterocycles. The number of amides is 2. The number of nitrogens with one attached hydrogen (secondary N) is 1. The van der Waals surface area contributed by atoms with Crippen LogP contribution in [0.4, 0.5) is 10.5 Å². The molecular weight excluding hydrogens is 564 g/mol. The first-order valence-corrected chi connectivity index (χ1v) is 15.6. The van der Waals surface area contributed by atoms with Crippen LogP contribution >= 0.6 is 11.3 Å². The Morgan fingerprint density at radius 2 is 1.72 bits per heavy atom. The van der Waals surface area contributed by atoms with E-state index in [0.29, 0.717) is 30.3 Å². The van der Waals surface area contributed by atoms with Crippen molar-refractivity contribution in [3.05, 3.63) is 70.6 Å². The molecule has 3 aromatic rings. The van der Waals surface area contributed by atoms with Crippen molar-refractivity contribution in [2.45, 2.75) is 71.9 Å². The molecule has 0 atom stereocenters. The van der Waals surface area contributed by atoms with Gasteiger partial charge in [-0.15, -0.1) is 11.3 Å². The van der Waals surface area contributed by atoms with Gasteiger partial charge < -0.3 is 19.5 Å². The number of carbonyl (C=O) groups is 3. The van der Waals surface area contributed by atoms with Crippen molar-refractivity contribution >= 4 is 35.0 Å². The molecule has 230 valence electrons. The quantitative estimate of drug-likeness (QED) is 0.240. The number of benzene rings is 2. The highest BCUT2D eigenvalue weighted by Crippen LogP contribution is 2.43. The van der Waals surface area contributed by atoms with Crippen molar-refractivity contribution in [2.75, 3.05) is 25.2 Å². The predicted molar refractivity (Wildman–Crippen MR) is 170 cm³/mol. The van der Waals surface area contributed by atoms with Gasteiger partial charge in [0.2, 0.25) is 0 Å². The number of esters is 2. The van der Waals surface area contributed by atoms with Gasteiger partial charge >= 0.3 is 18.0 Å². The number of thiophene rings is 1. The first kappa shape index (κ1) is 32.1. The van der Waals surface area contributed by atoms with Crippen LogP contribution in [0.15, 0.2) is 54.6 Å². The van der Waals surface area contributed by atoms with E-state index >= 15 is 0 Å². The molecule has 4 rings (SSSR count). The van der Waals surface area contributed by atoms with Crippen molar-refractivity contribution in [1.82, 2.24) is 5.32 Å². The number of carbonyl (C=O) groups excluding carboxylic acids is 3. The fraction of sp³-hybridized carbons (Fsp3) is 0.441. The predicted octanol–water partition coefficient (Wildman–Crippen LogP) is 7.53. The Labute approximate surface area is 258 Å². The molecule has 2 aromatic carbocycles. The Hall–Kier alpha value is -3.85. The summed E-state index contributed by atoms with van der Waals surface area (Å²) in [6.45, 7) is 7.93. The highest BCUT2D eigenvalue weighted by Gasteiger charge is 2.27. The molecule has 0 radical (unpaired) electrons. The molecule has 1 N–H and O–H groups in total. The molecular formula is C34H42N2O6S. The molecule has 2 amide bonds. The summed E-state index contributed by atoms with van der Waals surface area (Å²) in [4.78, 5) is 41.6. The number of rotatable bonds is 10. The monoisotopic (exact) mass is 606 g/mol. The van der Waals surface area contributed by atoms with Gasteiger partial charge in [0.25, 0.3) is 0 Å². The van der Waals surface area contributed by atoms with Gasteiger partial charge in [-0.1, -0.05) is 61.7 Å². The summed E-state index contributed by atoms with van der Waals surface area (Å²) in [5.74, 6) is -0.351. The topological polar surface area (TPSA) is 94.2 Å². The second-order valence-electron chi connectivity index (χ2n) is 11.9. The van der Waals surface area contributed by atoms with Crippen LogP contribution in [-0.2, 0) is 20.8 Å². The van der Waals surface area contributed by atoms with Crippen LogP contribution < -0.4 is 15.0 Å². The van der Waals surface area contributed by atoms with E-state index in [2.05, 4.69) is 5.32 Å². The largest absolute Gasteiger partial charge is 0.480 e. The third kappa shape index (κ3) is 8.83. The van der Waals surface area contributed by atoms with E-state index < -0.39 is 17.5 Å². The van der Waals surface area contributed by atoms with Crippen molar-refractivity contribution in [3.8, 4) is 16.2 Å². The van der Waals surface area contributed by atoms with Gasteiger partial charge in [0.05, 0.1) is 7.11 Å². The van der Waals surface area contributed by atoms with Crippen LogP contribution in [-0.4, -0.2) is 43.8 Å². The lowest BCUT2D eigenvalue weighted by Gasteiger charge is -2.30. The fourth-order valence-electron chi connectivity index (χ4n) is 5.29. The molecule has 0 saturated heterocycles. The van der Waals surface area contributed by atoms with Crippen LogP contribution in [0.2, 0.25) is 0 Å². The van der Waals surface area contributed by atoms with E-state index in [1.807, 2.05) is 66.4 Å². The van der Waals surface area contributed by atoms with Gasteiger partial charge in [0.15, 0.2) is 11.5 Å². The third-order valence-corrected chi connectivity index (χ3v) is 8.64. The Balaban J connectivity index is 1.63. The molecule has 0 bridgehead atoms. The van der Waals surface area contributed by atoms with Crippen molar-refractivity contribution in [2.24, 2.45) is 5.92 Å². The Morgan fingerprint density at radius 1 is 1.00 bits per heavy atom. The van der Waals surface area contributed by atoms with E-state index in [0.717, 1.165) is 34.5 Å². The van der Waals surface area contributed by atoms with Crippen LogP contribution in [0.5, 0.6) is 5.75 Å². The highest BCUT2D eigenvalue weighted by molar-refractivity contribution is 7.18. The summed E-state index contributed by atoms with van der Waals surface area (Å²) in [5.41, 5.74) is 2.70. The van der Waals surface area contributed by atoms with Crippen molar-refractivity contribution in [1.29, 1.82) is 0 Å². The highest BCUT2D eigenvalue weighted by atomic mass is 32.1. The SMILES string of the molecule is COC(=O)c1sc(-c2cccc(N(CC3CCCCC3)C(=O)NCc3ccccc3)c2)c(C)c1OCC(=O)OC(C)(C)C. The molecule has 0 aliphatic heterocycles.